The second-order valence-corrected chi connectivity index (χ2v) is 5.09. The van der Waals surface area contributed by atoms with Crippen molar-refractivity contribution in [3.8, 4) is 0 Å². The van der Waals surface area contributed by atoms with Gasteiger partial charge in [0, 0.05) is 0 Å². The largest absolute Gasteiger partial charge is 0.465 e. The molecule has 0 spiro atoms. The van der Waals surface area contributed by atoms with Crippen LogP contribution < -0.4 is 5.32 Å². The fourth-order valence-electron chi connectivity index (χ4n) is 1.97. The summed E-state index contributed by atoms with van der Waals surface area (Å²) in [7, 11) is 0. The molecule has 19 heavy (non-hydrogen) atoms. The average molecular weight is 263 g/mol. The van der Waals surface area contributed by atoms with Crippen molar-refractivity contribution in [3.05, 3.63) is 35.9 Å². The summed E-state index contributed by atoms with van der Waals surface area (Å²) in [6.07, 6.45) is 2.23. The summed E-state index contributed by atoms with van der Waals surface area (Å²) in [5.41, 5.74) is 0.963. The lowest BCUT2D eigenvalue weighted by molar-refractivity contribution is -0.145. The first kappa shape index (κ1) is 15.7. The van der Waals surface area contributed by atoms with E-state index in [0.717, 1.165) is 24.9 Å². The van der Waals surface area contributed by atoms with Crippen molar-refractivity contribution in [2.75, 3.05) is 13.2 Å². The maximum absolute atomic E-state index is 12.0. The Kier molecular flexibility index (Phi) is 7.19. The van der Waals surface area contributed by atoms with Crippen molar-refractivity contribution in [3.63, 3.8) is 0 Å². The van der Waals surface area contributed by atoms with Crippen molar-refractivity contribution < 1.29 is 9.53 Å². The van der Waals surface area contributed by atoms with Crippen LogP contribution in [0.25, 0.3) is 0 Å². The van der Waals surface area contributed by atoms with Crippen LogP contribution in [-0.4, -0.2) is 19.1 Å². The van der Waals surface area contributed by atoms with Crippen molar-refractivity contribution >= 4 is 5.97 Å². The molecule has 0 radical (unpaired) electrons. The van der Waals surface area contributed by atoms with Crippen molar-refractivity contribution in [1.29, 1.82) is 0 Å². The molecule has 1 aromatic rings. The minimum Gasteiger partial charge on any atom is -0.465 e. The summed E-state index contributed by atoms with van der Waals surface area (Å²) in [5.74, 6) is 0.498. The van der Waals surface area contributed by atoms with Gasteiger partial charge >= 0.3 is 5.97 Å². The summed E-state index contributed by atoms with van der Waals surface area (Å²) in [5, 5.41) is 3.30. The highest BCUT2D eigenvalue weighted by atomic mass is 16.5. The molecular weight excluding hydrogens is 238 g/mol. The van der Waals surface area contributed by atoms with Gasteiger partial charge in [0.15, 0.2) is 0 Å². The van der Waals surface area contributed by atoms with Crippen LogP contribution in [0.2, 0.25) is 0 Å². The predicted octanol–water partition coefficient (Wildman–Crippen LogP) is 3.32. The van der Waals surface area contributed by atoms with Crippen LogP contribution >= 0.6 is 0 Å². The molecule has 1 atom stereocenters. The zero-order valence-electron chi connectivity index (χ0n) is 12.2. The highest BCUT2D eigenvalue weighted by Crippen LogP contribution is 2.14. The van der Waals surface area contributed by atoms with E-state index < -0.39 is 0 Å². The van der Waals surface area contributed by atoms with Crippen molar-refractivity contribution in [1.82, 2.24) is 5.32 Å². The first-order valence-corrected chi connectivity index (χ1v) is 7.10. The Morgan fingerprint density at radius 1 is 1.26 bits per heavy atom. The monoisotopic (exact) mass is 263 g/mol. The standard InChI is InChI=1S/C16H25NO2/c1-4-19-16(18)15(14-10-6-5-7-11-14)17-12-8-9-13(2)3/h5-7,10-11,13,15,17H,4,8-9,12H2,1-3H3. The van der Waals surface area contributed by atoms with E-state index >= 15 is 0 Å². The van der Waals surface area contributed by atoms with Crippen LogP contribution in [0.4, 0.5) is 0 Å². The summed E-state index contributed by atoms with van der Waals surface area (Å²) < 4.78 is 5.14. The molecule has 0 bridgehead atoms. The van der Waals surface area contributed by atoms with Gasteiger partial charge in [-0.15, -0.1) is 0 Å². The lowest BCUT2D eigenvalue weighted by atomic mass is 10.1. The third-order valence-corrected chi connectivity index (χ3v) is 2.96. The number of ether oxygens (including phenoxy) is 1. The summed E-state index contributed by atoms with van der Waals surface area (Å²) in [4.78, 5) is 12.0. The minimum absolute atomic E-state index is 0.196. The lowest BCUT2D eigenvalue weighted by Crippen LogP contribution is -2.31. The van der Waals surface area contributed by atoms with Crippen LogP contribution in [0.15, 0.2) is 30.3 Å². The number of benzene rings is 1. The van der Waals surface area contributed by atoms with E-state index in [1.807, 2.05) is 37.3 Å². The van der Waals surface area contributed by atoms with Crippen molar-refractivity contribution in [2.45, 2.75) is 39.7 Å². The molecule has 106 valence electrons. The summed E-state index contributed by atoms with van der Waals surface area (Å²) in [6, 6.07) is 9.39. The Hall–Kier alpha value is -1.35. The molecule has 0 saturated heterocycles. The Balaban J connectivity index is 2.58. The predicted molar refractivity (Wildman–Crippen MR) is 77.9 cm³/mol. The number of hydrogen-bond donors (Lipinski definition) is 1. The number of nitrogens with one attached hydrogen (secondary N) is 1. The minimum atomic E-state index is -0.353. The molecule has 3 nitrogen and oxygen atoms in total. The van der Waals surface area contributed by atoms with Crippen LogP contribution in [0.3, 0.4) is 0 Å². The number of hydrogen-bond acceptors (Lipinski definition) is 3. The molecule has 1 unspecified atom stereocenters. The van der Waals surface area contributed by atoms with E-state index in [1.165, 1.54) is 0 Å². The molecule has 1 aromatic carbocycles. The fraction of sp³-hybridized carbons (Fsp3) is 0.562. The van der Waals surface area contributed by atoms with Gasteiger partial charge in [0.05, 0.1) is 6.61 Å². The molecule has 0 aliphatic rings. The molecular formula is C16H25NO2. The Morgan fingerprint density at radius 3 is 2.53 bits per heavy atom. The normalized spacial score (nSPS) is 12.4. The molecule has 0 saturated carbocycles. The van der Waals surface area contributed by atoms with Gasteiger partial charge in [0.2, 0.25) is 0 Å². The highest BCUT2D eigenvalue weighted by molar-refractivity contribution is 5.77. The van der Waals surface area contributed by atoms with Crippen molar-refractivity contribution in [2.24, 2.45) is 5.92 Å². The molecule has 0 aliphatic heterocycles. The third kappa shape index (κ3) is 5.88. The van der Waals surface area contributed by atoms with Gasteiger partial charge in [0.1, 0.15) is 6.04 Å². The van der Waals surface area contributed by atoms with Crippen LogP contribution in [0.5, 0.6) is 0 Å². The second kappa shape index (κ2) is 8.70. The van der Waals surface area contributed by atoms with Gasteiger partial charge < -0.3 is 10.1 Å². The smallest absolute Gasteiger partial charge is 0.327 e. The highest BCUT2D eigenvalue weighted by Gasteiger charge is 2.20. The SMILES string of the molecule is CCOC(=O)C(NCCCC(C)C)c1ccccc1. The topological polar surface area (TPSA) is 38.3 Å². The van der Waals surface area contributed by atoms with E-state index in [9.17, 15) is 4.79 Å². The first-order chi connectivity index (χ1) is 9.15. The van der Waals surface area contributed by atoms with Gasteiger partial charge in [0.25, 0.3) is 0 Å². The number of rotatable bonds is 8. The van der Waals surface area contributed by atoms with E-state index in [-0.39, 0.29) is 12.0 Å². The number of carbonyl (C=O) groups excluding carboxylic acids is 1. The lowest BCUT2D eigenvalue weighted by Gasteiger charge is -2.18. The van der Waals surface area contributed by atoms with E-state index in [2.05, 4.69) is 19.2 Å². The van der Waals surface area contributed by atoms with Crippen LogP contribution in [0.1, 0.15) is 45.2 Å². The molecule has 0 aliphatic carbocycles. The molecule has 0 heterocycles. The number of carbonyl (C=O) groups is 1. The van der Waals surface area contributed by atoms with E-state index in [4.69, 9.17) is 4.74 Å². The maximum Gasteiger partial charge on any atom is 0.327 e. The maximum atomic E-state index is 12.0. The Morgan fingerprint density at radius 2 is 1.95 bits per heavy atom. The molecule has 1 rings (SSSR count). The van der Waals surface area contributed by atoms with E-state index in [0.29, 0.717) is 12.5 Å². The van der Waals surface area contributed by atoms with Crippen LogP contribution in [0, 0.1) is 5.92 Å². The first-order valence-electron chi connectivity index (χ1n) is 7.10. The molecule has 0 aromatic heterocycles. The quantitative estimate of drug-likeness (QED) is 0.577. The summed E-state index contributed by atoms with van der Waals surface area (Å²) in [6.45, 7) is 7.49. The van der Waals surface area contributed by atoms with Gasteiger partial charge in [-0.2, -0.15) is 0 Å². The van der Waals surface area contributed by atoms with Gasteiger partial charge in [-0.3, -0.25) is 0 Å². The molecule has 3 heteroatoms. The Labute approximate surface area is 116 Å². The second-order valence-electron chi connectivity index (χ2n) is 5.09. The molecule has 0 amide bonds. The zero-order chi connectivity index (χ0) is 14.1. The van der Waals surface area contributed by atoms with Crippen LogP contribution in [-0.2, 0) is 9.53 Å². The van der Waals surface area contributed by atoms with Gasteiger partial charge in [-0.1, -0.05) is 44.2 Å². The summed E-state index contributed by atoms with van der Waals surface area (Å²) >= 11 is 0. The zero-order valence-corrected chi connectivity index (χ0v) is 12.2. The fourth-order valence-corrected chi connectivity index (χ4v) is 1.97. The van der Waals surface area contributed by atoms with Gasteiger partial charge in [-0.05, 0) is 37.8 Å². The molecule has 1 N–H and O–H groups in total. The Bertz CT molecular complexity index is 362. The van der Waals surface area contributed by atoms with E-state index in [1.54, 1.807) is 0 Å². The van der Waals surface area contributed by atoms with Gasteiger partial charge in [-0.25, -0.2) is 4.79 Å². The average Bonchev–Trinajstić information content (AvgIpc) is 2.39. The third-order valence-electron chi connectivity index (χ3n) is 2.96. The number of esters is 1. The molecule has 0 fully saturated rings.